The molecule has 0 bridgehead atoms. The fourth-order valence-electron chi connectivity index (χ4n) is 0.863. The van der Waals surface area contributed by atoms with Crippen LogP contribution in [0.3, 0.4) is 0 Å². The van der Waals surface area contributed by atoms with Crippen molar-refractivity contribution < 1.29 is 14.4 Å². The molecule has 1 aliphatic heterocycles. The maximum Gasteiger partial charge on any atom is 0.444 e. The zero-order valence-corrected chi connectivity index (χ0v) is 8.69. The molecule has 78 valence electrons. The third kappa shape index (κ3) is 3.51. The first kappa shape index (κ1) is 10.6. The van der Waals surface area contributed by atoms with Crippen LogP contribution in [0.25, 0.3) is 0 Å². The van der Waals surface area contributed by atoms with Crippen molar-refractivity contribution in [2.75, 3.05) is 6.54 Å². The third-order valence-electron chi connectivity index (χ3n) is 1.38. The van der Waals surface area contributed by atoms with Crippen LogP contribution < -0.4 is 0 Å². The predicted molar refractivity (Wildman–Crippen MR) is 52.3 cm³/mol. The lowest BCUT2D eigenvalue weighted by Gasteiger charge is -2.24. The second-order valence-corrected chi connectivity index (χ2v) is 3.90. The van der Waals surface area contributed by atoms with Crippen LogP contribution in [0.2, 0.25) is 0 Å². The number of hydrogen-bond donors (Lipinski definition) is 0. The fraction of sp³-hybridized carbons (Fsp3) is 0.500. The molecule has 0 aromatic carbocycles. The van der Waals surface area contributed by atoms with E-state index in [0.717, 1.165) is 5.06 Å². The number of rotatable bonds is 0. The lowest BCUT2D eigenvalue weighted by molar-refractivity contribution is -0.0945. The Bertz CT molecular complexity index is 249. The van der Waals surface area contributed by atoms with Crippen LogP contribution in [0.15, 0.2) is 24.5 Å². The van der Waals surface area contributed by atoms with Crippen molar-refractivity contribution in [1.82, 2.24) is 5.06 Å². The summed E-state index contributed by atoms with van der Waals surface area (Å²) in [6.45, 7) is 5.83. The van der Waals surface area contributed by atoms with Crippen LogP contribution in [0.5, 0.6) is 0 Å². The van der Waals surface area contributed by atoms with Gasteiger partial charge in [0.25, 0.3) is 0 Å². The highest BCUT2D eigenvalue weighted by molar-refractivity contribution is 5.67. The van der Waals surface area contributed by atoms with E-state index >= 15 is 0 Å². The van der Waals surface area contributed by atoms with Crippen molar-refractivity contribution in [3.63, 3.8) is 0 Å². The quantitative estimate of drug-likeness (QED) is 0.597. The first-order valence-electron chi connectivity index (χ1n) is 4.48. The lowest BCUT2D eigenvalue weighted by atomic mass is 10.2. The molecular formula is C10H15NO3. The van der Waals surface area contributed by atoms with Crippen molar-refractivity contribution >= 4 is 6.09 Å². The van der Waals surface area contributed by atoms with E-state index in [-0.39, 0.29) is 0 Å². The Hall–Kier alpha value is -1.45. The monoisotopic (exact) mass is 197 g/mol. The summed E-state index contributed by atoms with van der Waals surface area (Å²) >= 11 is 0. The molecule has 0 saturated carbocycles. The van der Waals surface area contributed by atoms with Gasteiger partial charge in [0, 0.05) is 0 Å². The van der Waals surface area contributed by atoms with Crippen molar-refractivity contribution in [3.8, 4) is 0 Å². The molecule has 14 heavy (non-hydrogen) atoms. The fourth-order valence-corrected chi connectivity index (χ4v) is 0.863. The second-order valence-electron chi connectivity index (χ2n) is 3.90. The molecule has 0 spiro atoms. The highest BCUT2D eigenvalue weighted by Crippen LogP contribution is 2.11. The molecule has 4 nitrogen and oxygen atoms in total. The highest BCUT2D eigenvalue weighted by Gasteiger charge is 2.22. The van der Waals surface area contributed by atoms with E-state index in [0.29, 0.717) is 6.54 Å². The minimum Gasteiger partial charge on any atom is -0.442 e. The molecule has 0 radical (unpaired) electrons. The molecule has 0 aromatic rings. The van der Waals surface area contributed by atoms with E-state index in [9.17, 15) is 4.79 Å². The van der Waals surface area contributed by atoms with Crippen molar-refractivity contribution in [2.24, 2.45) is 0 Å². The number of amides is 1. The number of hydroxylamine groups is 2. The average molecular weight is 197 g/mol. The number of carbonyl (C=O) groups is 1. The molecule has 4 heteroatoms. The summed E-state index contributed by atoms with van der Waals surface area (Å²) in [5.74, 6) is 0. The van der Waals surface area contributed by atoms with E-state index in [2.05, 4.69) is 0 Å². The minimum atomic E-state index is -0.500. The van der Waals surface area contributed by atoms with Crippen molar-refractivity contribution in [1.29, 1.82) is 0 Å². The molecule has 0 aliphatic carbocycles. The molecule has 0 unspecified atom stereocenters. The standard InChI is InChI=1S/C10H15NO3/c1-10(2,3)14-9(12)11-7-5-4-6-8-13-11/h4-6,8H,7H2,1-3H3. The predicted octanol–water partition coefficient (Wildman–Crippen LogP) is 2.24. The summed E-state index contributed by atoms with van der Waals surface area (Å²) in [6, 6.07) is 0. The molecule has 0 saturated heterocycles. The molecule has 1 heterocycles. The number of nitrogens with zero attached hydrogens (tertiary/aromatic N) is 1. The third-order valence-corrected chi connectivity index (χ3v) is 1.38. The maximum absolute atomic E-state index is 11.5. The summed E-state index contributed by atoms with van der Waals surface area (Å²) in [6.07, 6.45) is 6.30. The molecule has 0 aromatic heterocycles. The first-order valence-corrected chi connectivity index (χ1v) is 4.48. The van der Waals surface area contributed by atoms with Crippen LogP contribution in [-0.2, 0) is 9.57 Å². The van der Waals surface area contributed by atoms with E-state index < -0.39 is 11.7 Å². The number of carbonyl (C=O) groups excluding carboxylic acids is 1. The smallest absolute Gasteiger partial charge is 0.442 e. The van der Waals surface area contributed by atoms with E-state index in [1.807, 2.05) is 32.9 Å². The molecular weight excluding hydrogens is 182 g/mol. The molecule has 0 N–H and O–H groups in total. The van der Waals surface area contributed by atoms with Crippen LogP contribution in [0, 0.1) is 0 Å². The minimum absolute atomic E-state index is 0.391. The van der Waals surface area contributed by atoms with Gasteiger partial charge in [0.2, 0.25) is 0 Å². The first-order chi connectivity index (χ1) is 6.49. The van der Waals surface area contributed by atoms with E-state index in [1.54, 1.807) is 6.08 Å². The Balaban J connectivity index is 2.52. The zero-order chi connectivity index (χ0) is 10.6. The van der Waals surface area contributed by atoms with Gasteiger partial charge < -0.3 is 9.57 Å². The van der Waals surface area contributed by atoms with Crippen LogP contribution in [-0.4, -0.2) is 23.3 Å². The number of ether oxygens (including phenoxy) is 1. The van der Waals surface area contributed by atoms with Crippen LogP contribution >= 0.6 is 0 Å². The SMILES string of the molecule is CC(C)(C)OC(=O)N1CC=CC=CO1. The van der Waals surface area contributed by atoms with Gasteiger partial charge in [-0.3, -0.25) is 0 Å². The van der Waals surface area contributed by atoms with Crippen LogP contribution in [0.1, 0.15) is 20.8 Å². The topological polar surface area (TPSA) is 38.8 Å². The summed E-state index contributed by atoms with van der Waals surface area (Å²) < 4.78 is 5.13. The van der Waals surface area contributed by atoms with E-state index in [4.69, 9.17) is 9.57 Å². The molecule has 0 atom stereocenters. The van der Waals surface area contributed by atoms with E-state index in [1.165, 1.54) is 6.26 Å². The van der Waals surface area contributed by atoms with Gasteiger partial charge in [0.15, 0.2) is 0 Å². The van der Waals surface area contributed by atoms with Gasteiger partial charge in [-0.05, 0) is 26.8 Å². The highest BCUT2D eigenvalue weighted by atomic mass is 16.7. The normalized spacial score (nSPS) is 16.1. The summed E-state index contributed by atoms with van der Waals surface area (Å²) in [4.78, 5) is 16.5. The summed E-state index contributed by atoms with van der Waals surface area (Å²) in [5.41, 5.74) is -0.500. The number of allylic oxidation sites excluding steroid dienone is 2. The summed E-state index contributed by atoms with van der Waals surface area (Å²) in [7, 11) is 0. The second kappa shape index (κ2) is 4.17. The van der Waals surface area contributed by atoms with Gasteiger partial charge in [-0.25, -0.2) is 4.79 Å². The zero-order valence-electron chi connectivity index (χ0n) is 8.69. The van der Waals surface area contributed by atoms with Crippen LogP contribution in [0.4, 0.5) is 4.79 Å². The Kier molecular flexibility index (Phi) is 3.17. The largest absolute Gasteiger partial charge is 0.444 e. The molecule has 1 rings (SSSR count). The molecule has 1 aliphatic rings. The van der Waals surface area contributed by atoms with Gasteiger partial charge in [0.1, 0.15) is 11.9 Å². The molecule has 0 fully saturated rings. The molecule has 1 amide bonds. The van der Waals surface area contributed by atoms with Crippen molar-refractivity contribution in [2.45, 2.75) is 26.4 Å². The Morgan fingerprint density at radius 3 is 2.79 bits per heavy atom. The number of hydrogen-bond acceptors (Lipinski definition) is 3. The van der Waals surface area contributed by atoms with Gasteiger partial charge in [-0.1, -0.05) is 12.2 Å². The lowest BCUT2D eigenvalue weighted by Crippen LogP contribution is -2.35. The maximum atomic E-state index is 11.5. The van der Waals surface area contributed by atoms with Gasteiger partial charge in [-0.15, -0.1) is 5.06 Å². The van der Waals surface area contributed by atoms with Gasteiger partial charge in [0.05, 0.1) is 6.54 Å². The van der Waals surface area contributed by atoms with Crippen molar-refractivity contribution in [3.05, 3.63) is 24.5 Å². The average Bonchev–Trinajstić information content (AvgIpc) is 2.27. The van der Waals surface area contributed by atoms with Gasteiger partial charge in [-0.2, -0.15) is 0 Å². The Labute approximate surface area is 83.7 Å². The summed E-state index contributed by atoms with van der Waals surface area (Å²) in [5, 5.41) is 1.16. The Morgan fingerprint density at radius 2 is 2.14 bits per heavy atom. The Morgan fingerprint density at radius 1 is 1.43 bits per heavy atom. The van der Waals surface area contributed by atoms with Gasteiger partial charge >= 0.3 is 6.09 Å².